The predicted molar refractivity (Wildman–Crippen MR) is 99.5 cm³/mol. The van der Waals surface area contributed by atoms with Gasteiger partial charge in [0.25, 0.3) is 5.91 Å². The summed E-state index contributed by atoms with van der Waals surface area (Å²) >= 11 is 0. The monoisotopic (exact) mass is 366 g/mol. The number of rotatable bonds is 6. The Kier molecular flexibility index (Phi) is 6.55. The Morgan fingerprint density at radius 1 is 1.00 bits per heavy atom. The number of nitrogens with one attached hydrogen (secondary N) is 1. The SMILES string of the molecule is COC(=O)c1ccc(/C=C(\C#N)C(=O)Nc2ccc(OC)c(OC)c2)cc1. The second-order valence-electron chi connectivity index (χ2n) is 5.31. The van der Waals surface area contributed by atoms with Gasteiger partial charge in [0.15, 0.2) is 11.5 Å². The number of benzene rings is 2. The summed E-state index contributed by atoms with van der Waals surface area (Å²) < 4.78 is 15.0. The lowest BCUT2D eigenvalue weighted by atomic mass is 10.1. The molecule has 0 aliphatic rings. The number of esters is 1. The quantitative estimate of drug-likeness (QED) is 0.479. The van der Waals surface area contributed by atoms with E-state index in [2.05, 4.69) is 10.1 Å². The molecule has 0 fully saturated rings. The van der Waals surface area contributed by atoms with Crippen molar-refractivity contribution in [1.29, 1.82) is 5.26 Å². The predicted octanol–water partition coefficient (Wildman–Crippen LogP) is 3.04. The third-order valence-corrected chi connectivity index (χ3v) is 3.65. The number of hydrogen-bond acceptors (Lipinski definition) is 6. The molecule has 27 heavy (non-hydrogen) atoms. The van der Waals surface area contributed by atoms with Crippen molar-refractivity contribution in [2.45, 2.75) is 0 Å². The fraction of sp³-hybridized carbons (Fsp3) is 0.150. The standard InChI is InChI=1S/C20H18N2O5/c1-25-17-9-8-16(11-18(17)26-2)22-19(23)15(12-21)10-13-4-6-14(7-5-13)20(24)27-3/h4-11H,1-3H3,(H,22,23)/b15-10+. The fourth-order valence-corrected chi connectivity index (χ4v) is 2.26. The van der Waals surface area contributed by atoms with Crippen LogP contribution in [0.3, 0.4) is 0 Å². The van der Waals surface area contributed by atoms with Crippen LogP contribution in [-0.4, -0.2) is 33.2 Å². The van der Waals surface area contributed by atoms with Crippen LogP contribution in [0.25, 0.3) is 6.08 Å². The highest BCUT2D eigenvalue weighted by Crippen LogP contribution is 2.29. The molecule has 2 aromatic carbocycles. The maximum Gasteiger partial charge on any atom is 0.337 e. The van der Waals surface area contributed by atoms with Gasteiger partial charge in [0.05, 0.1) is 26.9 Å². The molecule has 2 aromatic rings. The summed E-state index contributed by atoms with van der Waals surface area (Å²) in [7, 11) is 4.29. The number of anilines is 1. The van der Waals surface area contributed by atoms with Crippen molar-refractivity contribution in [2.75, 3.05) is 26.6 Å². The van der Waals surface area contributed by atoms with Gasteiger partial charge in [-0.25, -0.2) is 4.79 Å². The number of methoxy groups -OCH3 is 3. The van der Waals surface area contributed by atoms with Crippen molar-refractivity contribution in [1.82, 2.24) is 0 Å². The molecule has 0 spiro atoms. The number of carbonyl (C=O) groups is 2. The largest absolute Gasteiger partial charge is 0.493 e. The van der Waals surface area contributed by atoms with Gasteiger partial charge in [-0.3, -0.25) is 4.79 Å². The van der Waals surface area contributed by atoms with Crippen LogP contribution < -0.4 is 14.8 Å². The van der Waals surface area contributed by atoms with Crippen LogP contribution in [0.5, 0.6) is 11.5 Å². The maximum atomic E-state index is 12.4. The summed E-state index contributed by atoms with van der Waals surface area (Å²) in [5.74, 6) is -0.0487. The number of nitriles is 1. The number of amides is 1. The first-order chi connectivity index (χ1) is 13.0. The number of ether oxygens (including phenoxy) is 3. The van der Waals surface area contributed by atoms with E-state index < -0.39 is 11.9 Å². The third kappa shape index (κ3) is 4.86. The summed E-state index contributed by atoms with van der Waals surface area (Å²) in [6.45, 7) is 0. The molecule has 138 valence electrons. The van der Waals surface area contributed by atoms with E-state index in [1.165, 1.54) is 27.4 Å². The van der Waals surface area contributed by atoms with Crippen LogP contribution in [0.4, 0.5) is 5.69 Å². The highest BCUT2D eigenvalue weighted by Gasteiger charge is 2.12. The first-order valence-electron chi connectivity index (χ1n) is 7.86. The van der Waals surface area contributed by atoms with E-state index in [4.69, 9.17) is 9.47 Å². The van der Waals surface area contributed by atoms with Gasteiger partial charge in [-0.15, -0.1) is 0 Å². The van der Waals surface area contributed by atoms with Crippen LogP contribution in [-0.2, 0) is 9.53 Å². The lowest BCUT2D eigenvalue weighted by Crippen LogP contribution is -2.13. The van der Waals surface area contributed by atoms with E-state index in [0.717, 1.165) is 0 Å². The van der Waals surface area contributed by atoms with Crippen molar-refractivity contribution in [2.24, 2.45) is 0 Å². The van der Waals surface area contributed by atoms with E-state index >= 15 is 0 Å². The first-order valence-corrected chi connectivity index (χ1v) is 7.86. The summed E-state index contributed by atoms with van der Waals surface area (Å²) in [6, 6.07) is 13.1. The Bertz CT molecular complexity index is 911. The van der Waals surface area contributed by atoms with Gasteiger partial charge in [-0.1, -0.05) is 12.1 Å². The Hall–Kier alpha value is -3.79. The van der Waals surface area contributed by atoms with E-state index in [1.54, 1.807) is 42.5 Å². The third-order valence-electron chi connectivity index (χ3n) is 3.65. The zero-order valence-electron chi connectivity index (χ0n) is 15.1. The zero-order chi connectivity index (χ0) is 19.8. The maximum absolute atomic E-state index is 12.4. The molecule has 0 bridgehead atoms. The number of nitrogens with zero attached hydrogens (tertiary/aromatic N) is 1. The molecule has 0 unspecified atom stereocenters. The van der Waals surface area contributed by atoms with Gasteiger partial charge < -0.3 is 19.5 Å². The summed E-state index contributed by atoms with van der Waals surface area (Å²) in [5.41, 5.74) is 1.35. The highest BCUT2D eigenvalue weighted by molar-refractivity contribution is 6.09. The molecule has 0 saturated carbocycles. The van der Waals surface area contributed by atoms with E-state index in [1.807, 2.05) is 6.07 Å². The normalized spacial score (nSPS) is 10.5. The molecule has 2 rings (SSSR count). The molecule has 1 amide bonds. The lowest BCUT2D eigenvalue weighted by Gasteiger charge is -2.10. The van der Waals surface area contributed by atoms with Crippen molar-refractivity contribution in [3.63, 3.8) is 0 Å². The van der Waals surface area contributed by atoms with Crippen LogP contribution in [0, 0.1) is 11.3 Å². The van der Waals surface area contributed by atoms with Crippen molar-refractivity contribution in [3.8, 4) is 17.6 Å². The highest BCUT2D eigenvalue weighted by atomic mass is 16.5. The molecule has 0 aliphatic carbocycles. The van der Waals surface area contributed by atoms with Gasteiger partial charge in [0.1, 0.15) is 11.6 Å². The molecule has 0 aliphatic heterocycles. The van der Waals surface area contributed by atoms with Gasteiger partial charge >= 0.3 is 5.97 Å². The van der Waals surface area contributed by atoms with Crippen LogP contribution in [0.15, 0.2) is 48.0 Å². The molecular formula is C20H18N2O5. The van der Waals surface area contributed by atoms with E-state index in [0.29, 0.717) is 28.3 Å². The van der Waals surface area contributed by atoms with Crippen LogP contribution >= 0.6 is 0 Å². The Morgan fingerprint density at radius 3 is 2.22 bits per heavy atom. The summed E-state index contributed by atoms with van der Waals surface area (Å²) in [6.07, 6.45) is 1.43. The van der Waals surface area contributed by atoms with Crippen molar-refractivity contribution in [3.05, 3.63) is 59.2 Å². The molecule has 0 atom stereocenters. The number of carbonyl (C=O) groups excluding carboxylic acids is 2. The Morgan fingerprint density at radius 2 is 1.67 bits per heavy atom. The molecule has 1 N–H and O–H groups in total. The van der Waals surface area contributed by atoms with Gasteiger partial charge in [-0.2, -0.15) is 5.26 Å². The first kappa shape index (κ1) is 19.5. The smallest absolute Gasteiger partial charge is 0.337 e. The minimum atomic E-state index is -0.568. The lowest BCUT2D eigenvalue weighted by molar-refractivity contribution is -0.112. The average Bonchev–Trinajstić information content (AvgIpc) is 2.71. The Labute approximate surface area is 156 Å². The molecule has 7 heteroatoms. The van der Waals surface area contributed by atoms with Gasteiger partial charge in [0.2, 0.25) is 0 Å². The molecule has 0 saturated heterocycles. The molecule has 0 aromatic heterocycles. The summed E-state index contributed by atoms with van der Waals surface area (Å²) in [5, 5.41) is 11.9. The van der Waals surface area contributed by atoms with E-state index in [-0.39, 0.29) is 5.57 Å². The molecule has 0 heterocycles. The minimum Gasteiger partial charge on any atom is -0.493 e. The second-order valence-corrected chi connectivity index (χ2v) is 5.31. The topological polar surface area (TPSA) is 97.7 Å². The van der Waals surface area contributed by atoms with Crippen molar-refractivity contribution < 1.29 is 23.8 Å². The summed E-state index contributed by atoms with van der Waals surface area (Å²) in [4.78, 5) is 23.8. The van der Waals surface area contributed by atoms with Gasteiger partial charge in [-0.05, 0) is 35.9 Å². The zero-order valence-corrected chi connectivity index (χ0v) is 15.1. The molecule has 0 radical (unpaired) electrons. The minimum absolute atomic E-state index is 0.0874. The van der Waals surface area contributed by atoms with Crippen LogP contribution in [0.2, 0.25) is 0 Å². The van der Waals surface area contributed by atoms with Gasteiger partial charge in [0, 0.05) is 11.8 Å². The average molecular weight is 366 g/mol. The number of hydrogen-bond donors (Lipinski definition) is 1. The fourth-order valence-electron chi connectivity index (χ4n) is 2.26. The molecule has 7 nitrogen and oxygen atoms in total. The molecular weight excluding hydrogens is 348 g/mol. The van der Waals surface area contributed by atoms with Crippen molar-refractivity contribution >= 4 is 23.6 Å². The van der Waals surface area contributed by atoms with Crippen LogP contribution in [0.1, 0.15) is 15.9 Å². The van der Waals surface area contributed by atoms with E-state index in [9.17, 15) is 14.9 Å². The second kappa shape index (κ2) is 9.06. The Balaban J connectivity index is 2.19.